The van der Waals surface area contributed by atoms with Crippen LogP contribution in [0.15, 0.2) is 146 Å². The second kappa shape index (κ2) is 11.6. The number of aromatic nitrogens is 4. The monoisotopic (exact) mass is 582 g/mol. The maximum Gasteiger partial charge on any atom is 0.177 e. The Kier molecular flexibility index (Phi) is 7.47. The second-order valence-electron chi connectivity index (χ2n) is 9.51. The fourth-order valence-corrected chi connectivity index (χ4v) is 5.66. The summed E-state index contributed by atoms with van der Waals surface area (Å²) in [4.78, 5) is 0. The molecule has 0 saturated carbocycles. The lowest BCUT2D eigenvalue weighted by Crippen LogP contribution is -2.39. The van der Waals surface area contributed by atoms with E-state index in [1.807, 2.05) is 28.9 Å². The number of rotatable bonds is 8. The van der Waals surface area contributed by atoms with Gasteiger partial charge in [-0.05, 0) is 55.5 Å². The van der Waals surface area contributed by atoms with Crippen LogP contribution in [0.1, 0.15) is 39.2 Å². The molecule has 0 spiro atoms. The molecule has 0 saturated heterocycles. The van der Waals surface area contributed by atoms with Crippen LogP contribution in [0.25, 0.3) is 11.6 Å². The van der Waals surface area contributed by atoms with Crippen LogP contribution in [0.4, 0.5) is 0 Å². The highest BCUT2D eigenvalue weighted by molar-refractivity contribution is 9.08. The van der Waals surface area contributed by atoms with E-state index in [0.717, 1.165) is 38.7 Å². The zero-order chi connectivity index (χ0) is 27.2. The molecule has 1 aromatic heterocycles. The maximum absolute atomic E-state index is 4.69. The molecular formula is C35H27BrN4. The highest BCUT2D eigenvalue weighted by atomic mass is 79.9. The van der Waals surface area contributed by atoms with Gasteiger partial charge in [-0.3, -0.25) is 0 Å². The third-order valence-electron chi connectivity index (χ3n) is 7.16. The number of hydrogen-bond donors (Lipinski definition) is 0. The number of alkyl halides is 1. The van der Waals surface area contributed by atoms with Crippen molar-refractivity contribution in [2.45, 2.75) is 10.9 Å². The van der Waals surface area contributed by atoms with Gasteiger partial charge in [0, 0.05) is 5.33 Å². The SMILES string of the molecule is BrCc1ccc(C(=Cc2nnnn2C(c2ccccc2)(c2ccccc2)c2ccccc2)c2ccccc2)cc1. The molecule has 40 heavy (non-hydrogen) atoms. The lowest BCUT2D eigenvalue weighted by atomic mass is 9.77. The molecule has 0 aliphatic carbocycles. The summed E-state index contributed by atoms with van der Waals surface area (Å²) in [5, 5.41) is 14.3. The van der Waals surface area contributed by atoms with Crippen molar-refractivity contribution in [3.05, 3.63) is 185 Å². The van der Waals surface area contributed by atoms with Crippen molar-refractivity contribution in [1.29, 1.82) is 0 Å². The minimum atomic E-state index is -0.805. The van der Waals surface area contributed by atoms with Gasteiger partial charge < -0.3 is 0 Å². The van der Waals surface area contributed by atoms with Gasteiger partial charge in [0.05, 0.1) is 0 Å². The van der Waals surface area contributed by atoms with E-state index in [0.29, 0.717) is 5.82 Å². The summed E-state index contributed by atoms with van der Waals surface area (Å²) in [5.41, 5.74) is 6.84. The molecule has 0 unspecified atom stereocenters. The average molecular weight is 584 g/mol. The molecule has 0 N–H and O–H groups in total. The summed E-state index contributed by atoms with van der Waals surface area (Å²) in [5.74, 6) is 0.653. The molecule has 6 aromatic rings. The average Bonchev–Trinajstić information content (AvgIpc) is 3.51. The van der Waals surface area contributed by atoms with E-state index in [9.17, 15) is 0 Å². The van der Waals surface area contributed by atoms with Gasteiger partial charge in [-0.1, -0.05) is 162 Å². The van der Waals surface area contributed by atoms with Gasteiger partial charge in [0.25, 0.3) is 0 Å². The summed E-state index contributed by atoms with van der Waals surface area (Å²) in [7, 11) is 0. The van der Waals surface area contributed by atoms with Crippen molar-refractivity contribution >= 4 is 27.6 Å². The van der Waals surface area contributed by atoms with Crippen LogP contribution in [-0.4, -0.2) is 20.2 Å². The minimum Gasteiger partial charge on any atom is -0.206 e. The molecule has 0 radical (unpaired) electrons. The molecule has 0 fully saturated rings. The van der Waals surface area contributed by atoms with Crippen molar-refractivity contribution in [3.8, 4) is 0 Å². The molecule has 0 amide bonds. The van der Waals surface area contributed by atoms with Gasteiger partial charge in [-0.15, -0.1) is 5.10 Å². The predicted molar refractivity (Wildman–Crippen MR) is 165 cm³/mol. The topological polar surface area (TPSA) is 43.6 Å². The Morgan fingerprint density at radius 3 is 1.52 bits per heavy atom. The quantitative estimate of drug-likeness (QED) is 0.135. The van der Waals surface area contributed by atoms with E-state index in [1.165, 1.54) is 5.56 Å². The lowest BCUT2D eigenvalue weighted by Gasteiger charge is -2.36. The Bertz CT molecular complexity index is 1600. The second-order valence-corrected chi connectivity index (χ2v) is 10.1. The first-order valence-corrected chi connectivity index (χ1v) is 14.3. The summed E-state index contributed by atoms with van der Waals surface area (Å²) in [6.07, 6.45) is 2.10. The first-order chi connectivity index (χ1) is 19.8. The van der Waals surface area contributed by atoms with Gasteiger partial charge in [-0.2, -0.15) is 0 Å². The summed E-state index contributed by atoms with van der Waals surface area (Å²) in [6.45, 7) is 0. The third-order valence-corrected chi connectivity index (χ3v) is 7.81. The van der Waals surface area contributed by atoms with Crippen LogP contribution < -0.4 is 0 Å². The normalized spacial score (nSPS) is 11.9. The molecule has 1 heterocycles. The largest absolute Gasteiger partial charge is 0.206 e. The predicted octanol–water partition coefficient (Wildman–Crippen LogP) is 8.00. The number of hydrogen-bond acceptors (Lipinski definition) is 3. The fourth-order valence-electron chi connectivity index (χ4n) is 5.28. The third kappa shape index (κ3) is 4.80. The van der Waals surface area contributed by atoms with E-state index in [-0.39, 0.29) is 0 Å². The van der Waals surface area contributed by atoms with Gasteiger partial charge >= 0.3 is 0 Å². The minimum absolute atomic E-state index is 0.653. The van der Waals surface area contributed by atoms with Crippen LogP contribution in [0.2, 0.25) is 0 Å². The number of benzene rings is 5. The molecule has 194 valence electrons. The van der Waals surface area contributed by atoms with Crippen molar-refractivity contribution < 1.29 is 0 Å². The Hall–Kier alpha value is -4.61. The van der Waals surface area contributed by atoms with E-state index in [2.05, 4.69) is 154 Å². The van der Waals surface area contributed by atoms with Crippen LogP contribution >= 0.6 is 15.9 Å². The Morgan fingerprint density at radius 1 is 0.600 bits per heavy atom. The fraction of sp³-hybridized carbons (Fsp3) is 0.0571. The number of tetrazole rings is 1. The standard InChI is InChI=1S/C35H27BrN4/c36-26-27-21-23-29(24-22-27)33(28-13-5-1-6-14-28)25-34-37-38-39-40(34)35(30-15-7-2-8-16-30,31-17-9-3-10-18-31)32-19-11-4-12-20-32/h1-25H,26H2. The summed E-state index contributed by atoms with van der Waals surface area (Å²) < 4.78 is 1.96. The van der Waals surface area contributed by atoms with Gasteiger partial charge in [0.2, 0.25) is 0 Å². The molecule has 4 nitrogen and oxygen atoms in total. The van der Waals surface area contributed by atoms with Crippen LogP contribution in [0, 0.1) is 0 Å². The molecule has 0 atom stereocenters. The molecular weight excluding hydrogens is 556 g/mol. The smallest absolute Gasteiger partial charge is 0.177 e. The van der Waals surface area contributed by atoms with Crippen molar-refractivity contribution in [1.82, 2.24) is 20.2 Å². The maximum atomic E-state index is 4.69. The highest BCUT2D eigenvalue weighted by Gasteiger charge is 2.41. The first-order valence-electron chi connectivity index (χ1n) is 13.2. The van der Waals surface area contributed by atoms with Gasteiger partial charge in [0.1, 0.15) is 5.54 Å². The molecule has 0 bridgehead atoms. The van der Waals surface area contributed by atoms with Gasteiger partial charge in [0.15, 0.2) is 5.82 Å². The zero-order valence-corrected chi connectivity index (χ0v) is 23.4. The number of halogens is 1. The van der Waals surface area contributed by atoms with E-state index in [1.54, 1.807) is 0 Å². The Balaban J connectivity index is 1.65. The molecule has 6 rings (SSSR count). The highest BCUT2D eigenvalue weighted by Crippen LogP contribution is 2.41. The molecule has 5 heteroatoms. The van der Waals surface area contributed by atoms with E-state index in [4.69, 9.17) is 5.21 Å². The van der Waals surface area contributed by atoms with Crippen molar-refractivity contribution in [2.24, 2.45) is 0 Å². The van der Waals surface area contributed by atoms with Gasteiger partial charge in [-0.25, -0.2) is 4.68 Å². The Labute approximate surface area is 242 Å². The molecule has 5 aromatic carbocycles. The Morgan fingerprint density at radius 2 is 1.05 bits per heavy atom. The van der Waals surface area contributed by atoms with Crippen LogP contribution in [0.3, 0.4) is 0 Å². The van der Waals surface area contributed by atoms with E-state index < -0.39 is 5.54 Å². The van der Waals surface area contributed by atoms with Crippen LogP contribution in [-0.2, 0) is 10.9 Å². The van der Waals surface area contributed by atoms with Crippen LogP contribution in [0.5, 0.6) is 0 Å². The van der Waals surface area contributed by atoms with Crippen molar-refractivity contribution in [2.75, 3.05) is 0 Å². The number of nitrogens with zero attached hydrogens (tertiary/aromatic N) is 4. The lowest BCUT2D eigenvalue weighted by molar-refractivity contribution is 0.443. The molecule has 0 aliphatic heterocycles. The summed E-state index contributed by atoms with van der Waals surface area (Å²) in [6, 6.07) is 50.4. The van der Waals surface area contributed by atoms with Crippen molar-refractivity contribution in [3.63, 3.8) is 0 Å². The van der Waals surface area contributed by atoms with E-state index >= 15 is 0 Å². The first kappa shape index (κ1) is 25.7. The zero-order valence-electron chi connectivity index (χ0n) is 21.8. The molecule has 0 aliphatic rings. The summed E-state index contributed by atoms with van der Waals surface area (Å²) >= 11 is 3.57.